The smallest absolute Gasteiger partial charge is 0.274 e. The molecule has 1 N–H and O–H groups in total. The van der Waals surface area contributed by atoms with Crippen molar-refractivity contribution in [1.29, 1.82) is 0 Å². The summed E-state index contributed by atoms with van der Waals surface area (Å²) in [5.41, 5.74) is 1.55. The monoisotopic (exact) mass is 364 g/mol. The van der Waals surface area contributed by atoms with Gasteiger partial charge in [0.1, 0.15) is 11.5 Å². The second-order valence-electron chi connectivity index (χ2n) is 5.67. The zero-order valence-corrected chi connectivity index (χ0v) is 14.9. The highest BCUT2D eigenvalue weighted by Crippen LogP contribution is 2.16. The average molecular weight is 365 g/mol. The summed E-state index contributed by atoms with van der Waals surface area (Å²) in [5, 5.41) is 3.07. The van der Waals surface area contributed by atoms with Crippen molar-refractivity contribution in [3.05, 3.63) is 51.0 Å². The quantitative estimate of drug-likeness (QED) is 0.885. The molecule has 0 aliphatic carbocycles. The number of anilines is 2. The summed E-state index contributed by atoms with van der Waals surface area (Å²) in [4.78, 5) is 18.7. The van der Waals surface area contributed by atoms with Gasteiger partial charge in [0, 0.05) is 36.5 Å². The predicted molar refractivity (Wildman–Crippen MR) is 93.5 cm³/mol. The molecule has 2 heterocycles. The van der Waals surface area contributed by atoms with Crippen LogP contribution in [-0.2, 0) is 13.6 Å². The lowest BCUT2D eigenvalue weighted by Gasteiger charge is -2.20. The molecule has 0 amide bonds. The molecule has 0 spiro atoms. The van der Waals surface area contributed by atoms with Crippen molar-refractivity contribution in [2.45, 2.75) is 26.4 Å². The molecule has 0 aromatic carbocycles. The third-order valence-corrected chi connectivity index (χ3v) is 3.98. The summed E-state index contributed by atoms with van der Waals surface area (Å²) >= 11 is 3.39. The van der Waals surface area contributed by atoms with Gasteiger partial charge in [-0.2, -0.15) is 0 Å². The Morgan fingerprint density at radius 1 is 1.41 bits per heavy atom. The van der Waals surface area contributed by atoms with Gasteiger partial charge in [0.05, 0.1) is 0 Å². The first-order valence-corrected chi connectivity index (χ1v) is 7.94. The van der Waals surface area contributed by atoms with Crippen LogP contribution in [0, 0.1) is 0 Å². The van der Waals surface area contributed by atoms with Crippen LogP contribution in [0.5, 0.6) is 0 Å². The van der Waals surface area contributed by atoms with E-state index in [4.69, 9.17) is 0 Å². The lowest BCUT2D eigenvalue weighted by molar-refractivity contribution is 0.265. The van der Waals surface area contributed by atoms with Crippen molar-refractivity contribution in [2.24, 2.45) is 7.05 Å². The van der Waals surface area contributed by atoms with Gasteiger partial charge in [-0.3, -0.25) is 9.69 Å². The number of halogens is 1. The van der Waals surface area contributed by atoms with E-state index in [9.17, 15) is 4.79 Å². The van der Waals surface area contributed by atoms with E-state index >= 15 is 0 Å². The number of nitrogens with one attached hydrogen (secondary N) is 1. The first-order valence-electron chi connectivity index (χ1n) is 7.15. The largest absolute Gasteiger partial charge is 0.336 e. The van der Waals surface area contributed by atoms with Crippen LogP contribution < -0.4 is 10.9 Å². The van der Waals surface area contributed by atoms with Crippen molar-refractivity contribution in [2.75, 3.05) is 12.4 Å². The number of rotatable bonds is 5. The molecular formula is C16H21BrN4O. The minimum Gasteiger partial charge on any atom is -0.336 e. The number of hydrogen-bond donors (Lipinski definition) is 1. The second kappa shape index (κ2) is 7.07. The molecule has 22 heavy (non-hydrogen) atoms. The Hall–Kier alpha value is -1.66. The minimum atomic E-state index is -0.0892. The molecular weight excluding hydrogens is 344 g/mol. The van der Waals surface area contributed by atoms with E-state index in [0.717, 1.165) is 16.6 Å². The van der Waals surface area contributed by atoms with E-state index in [1.54, 1.807) is 19.3 Å². The van der Waals surface area contributed by atoms with Gasteiger partial charge < -0.3 is 9.88 Å². The van der Waals surface area contributed by atoms with Crippen molar-refractivity contribution in [3.8, 4) is 0 Å². The summed E-state index contributed by atoms with van der Waals surface area (Å²) in [6.07, 6.45) is 3.56. The summed E-state index contributed by atoms with van der Waals surface area (Å²) < 4.78 is 2.37. The first-order chi connectivity index (χ1) is 10.4. The maximum Gasteiger partial charge on any atom is 0.274 e. The highest BCUT2D eigenvalue weighted by atomic mass is 79.9. The molecule has 0 radical (unpaired) electrons. The third kappa shape index (κ3) is 4.18. The molecule has 5 nitrogen and oxygen atoms in total. The highest BCUT2D eigenvalue weighted by molar-refractivity contribution is 9.10. The maximum atomic E-state index is 12.1. The Kier molecular flexibility index (Phi) is 5.37. The van der Waals surface area contributed by atoms with E-state index in [1.807, 2.05) is 18.3 Å². The number of aryl methyl sites for hydroxylation is 1. The van der Waals surface area contributed by atoms with E-state index in [2.05, 4.69) is 52.0 Å². The van der Waals surface area contributed by atoms with E-state index in [1.165, 1.54) is 4.57 Å². The van der Waals surface area contributed by atoms with Crippen LogP contribution >= 0.6 is 15.9 Å². The van der Waals surface area contributed by atoms with Crippen LogP contribution in [0.3, 0.4) is 0 Å². The molecule has 0 saturated carbocycles. The van der Waals surface area contributed by atoms with E-state index in [-0.39, 0.29) is 5.56 Å². The number of hydrogen-bond acceptors (Lipinski definition) is 4. The molecule has 2 rings (SSSR count). The lowest BCUT2D eigenvalue weighted by atomic mass is 10.2. The van der Waals surface area contributed by atoms with Gasteiger partial charge in [-0.05, 0) is 54.5 Å². The van der Waals surface area contributed by atoms with Crippen LogP contribution in [-0.4, -0.2) is 27.5 Å². The predicted octanol–water partition coefficient (Wildman–Crippen LogP) is 3.13. The second-order valence-corrected chi connectivity index (χ2v) is 6.59. The molecule has 2 aromatic heterocycles. The van der Waals surface area contributed by atoms with Crippen molar-refractivity contribution in [3.63, 3.8) is 0 Å². The van der Waals surface area contributed by atoms with Crippen LogP contribution in [0.15, 0.2) is 39.9 Å². The van der Waals surface area contributed by atoms with Gasteiger partial charge in [0.15, 0.2) is 0 Å². The minimum absolute atomic E-state index is 0.0892. The molecule has 2 aromatic rings. The molecule has 6 heteroatoms. The topological polar surface area (TPSA) is 50.2 Å². The number of nitrogens with zero attached hydrogens (tertiary/aromatic N) is 3. The fraction of sp³-hybridized carbons (Fsp3) is 0.375. The zero-order valence-electron chi connectivity index (χ0n) is 13.3. The molecule has 118 valence electrons. The van der Waals surface area contributed by atoms with Crippen molar-refractivity contribution >= 4 is 27.4 Å². The van der Waals surface area contributed by atoms with Crippen LogP contribution in [0.1, 0.15) is 19.4 Å². The summed E-state index contributed by atoms with van der Waals surface area (Å²) in [6, 6.07) is 6.16. The fourth-order valence-electron chi connectivity index (χ4n) is 1.96. The Labute approximate surface area is 139 Å². The Morgan fingerprint density at radius 2 is 2.14 bits per heavy atom. The van der Waals surface area contributed by atoms with Gasteiger partial charge in [-0.25, -0.2) is 4.98 Å². The molecule has 0 fully saturated rings. The Balaban J connectivity index is 2.14. The van der Waals surface area contributed by atoms with Crippen LogP contribution in [0.4, 0.5) is 11.5 Å². The fourth-order valence-corrected chi connectivity index (χ4v) is 2.50. The first kappa shape index (κ1) is 16.7. The normalized spacial score (nSPS) is 11.2. The SMILES string of the molecule is CC(C)N(C)Cc1ccc(Nc2cc(Br)cn(C)c2=O)nc1. The van der Waals surface area contributed by atoms with Gasteiger partial charge in [-0.1, -0.05) is 6.07 Å². The van der Waals surface area contributed by atoms with Gasteiger partial charge in [-0.15, -0.1) is 0 Å². The summed E-state index contributed by atoms with van der Waals surface area (Å²) in [6.45, 7) is 5.17. The van der Waals surface area contributed by atoms with Crippen molar-refractivity contribution in [1.82, 2.24) is 14.5 Å². The van der Waals surface area contributed by atoms with Crippen LogP contribution in [0.2, 0.25) is 0 Å². The molecule has 0 unspecified atom stereocenters. The molecule has 0 aliphatic heterocycles. The lowest BCUT2D eigenvalue weighted by Crippen LogP contribution is -2.25. The zero-order chi connectivity index (χ0) is 16.3. The number of pyridine rings is 2. The Bertz CT molecular complexity index is 694. The third-order valence-electron chi connectivity index (χ3n) is 3.55. The molecule has 0 saturated heterocycles. The van der Waals surface area contributed by atoms with E-state index < -0.39 is 0 Å². The van der Waals surface area contributed by atoms with E-state index in [0.29, 0.717) is 17.5 Å². The maximum absolute atomic E-state index is 12.1. The number of aromatic nitrogens is 2. The summed E-state index contributed by atoms with van der Waals surface area (Å²) in [7, 11) is 3.80. The Morgan fingerprint density at radius 3 is 2.73 bits per heavy atom. The van der Waals surface area contributed by atoms with Crippen LogP contribution in [0.25, 0.3) is 0 Å². The molecule has 0 aliphatic rings. The van der Waals surface area contributed by atoms with Gasteiger partial charge >= 0.3 is 0 Å². The molecule has 0 atom stereocenters. The molecule has 0 bridgehead atoms. The van der Waals surface area contributed by atoms with Gasteiger partial charge in [0.2, 0.25) is 0 Å². The van der Waals surface area contributed by atoms with Gasteiger partial charge in [0.25, 0.3) is 5.56 Å². The average Bonchev–Trinajstić information content (AvgIpc) is 2.46. The highest BCUT2D eigenvalue weighted by Gasteiger charge is 2.07. The van der Waals surface area contributed by atoms with Crippen molar-refractivity contribution < 1.29 is 0 Å². The standard InChI is InChI=1S/C16H21BrN4O/c1-11(2)20(3)9-12-5-6-15(18-8-12)19-14-7-13(17)10-21(4)16(14)22/h5-8,10-11H,9H2,1-4H3,(H,18,19). The summed E-state index contributed by atoms with van der Waals surface area (Å²) in [5.74, 6) is 0.658.